The van der Waals surface area contributed by atoms with Crippen LogP contribution in [0.15, 0.2) is 30.3 Å². The van der Waals surface area contributed by atoms with E-state index in [0.29, 0.717) is 19.8 Å². The molecule has 21 heavy (non-hydrogen) atoms. The van der Waals surface area contributed by atoms with Gasteiger partial charge in [0.25, 0.3) is 0 Å². The first-order chi connectivity index (χ1) is 10.2. The van der Waals surface area contributed by atoms with E-state index in [1.54, 1.807) is 0 Å². The van der Waals surface area contributed by atoms with Gasteiger partial charge >= 0.3 is 0 Å². The molecule has 2 amide bonds. The predicted octanol–water partition coefficient (Wildman–Crippen LogP) is 0.175. The van der Waals surface area contributed by atoms with E-state index in [0.717, 1.165) is 18.4 Å². The van der Waals surface area contributed by atoms with Crippen LogP contribution in [0, 0.1) is 0 Å². The summed E-state index contributed by atoms with van der Waals surface area (Å²) in [5, 5.41) is 5.13. The molecule has 0 bridgehead atoms. The van der Waals surface area contributed by atoms with E-state index in [1.165, 1.54) is 0 Å². The van der Waals surface area contributed by atoms with Gasteiger partial charge in [0.1, 0.15) is 0 Å². The number of ether oxygens (including phenoxy) is 1. The van der Waals surface area contributed by atoms with Crippen LogP contribution in [0.5, 0.6) is 0 Å². The summed E-state index contributed by atoms with van der Waals surface area (Å²) in [5.41, 5.74) is 6.26. The average Bonchev–Trinajstić information content (AvgIpc) is 2.52. The van der Waals surface area contributed by atoms with Crippen LogP contribution in [0.1, 0.15) is 18.4 Å². The van der Waals surface area contributed by atoms with Crippen LogP contribution < -0.4 is 16.4 Å². The fraction of sp³-hybridized carbons (Fsp3) is 0.467. The lowest BCUT2D eigenvalue weighted by atomic mass is 10.2. The van der Waals surface area contributed by atoms with E-state index in [9.17, 15) is 9.59 Å². The summed E-state index contributed by atoms with van der Waals surface area (Å²) in [6, 6.07) is 9.99. The molecule has 0 saturated heterocycles. The molecule has 0 aliphatic carbocycles. The minimum Gasteiger partial charge on any atom is -0.377 e. The third kappa shape index (κ3) is 8.78. The molecule has 6 nitrogen and oxygen atoms in total. The van der Waals surface area contributed by atoms with Crippen molar-refractivity contribution < 1.29 is 14.3 Å². The predicted molar refractivity (Wildman–Crippen MR) is 80.4 cm³/mol. The van der Waals surface area contributed by atoms with Crippen molar-refractivity contribution in [1.82, 2.24) is 10.6 Å². The Balaban J connectivity index is 1.92. The Morgan fingerprint density at radius 3 is 2.52 bits per heavy atom. The fourth-order valence-electron chi connectivity index (χ4n) is 1.63. The lowest BCUT2D eigenvalue weighted by Crippen LogP contribution is -2.39. The van der Waals surface area contributed by atoms with Crippen LogP contribution in [0.2, 0.25) is 0 Å². The molecular formula is C15H23N3O3. The van der Waals surface area contributed by atoms with E-state index in [4.69, 9.17) is 10.5 Å². The number of hydrogen-bond donors (Lipinski definition) is 3. The molecule has 1 aromatic carbocycles. The molecule has 1 rings (SSSR count). The minimum absolute atomic E-state index is 0.0272. The van der Waals surface area contributed by atoms with Gasteiger partial charge < -0.3 is 21.1 Å². The third-order valence-electron chi connectivity index (χ3n) is 2.78. The second-order valence-corrected chi connectivity index (χ2v) is 4.58. The molecule has 0 aromatic heterocycles. The highest BCUT2D eigenvalue weighted by Gasteiger charge is 2.02. The monoisotopic (exact) mass is 293 g/mol. The number of benzene rings is 1. The highest BCUT2D eigenvalue weighted by Crippen LogP contribution is 2.01. The maximum Gasteiger partial charge on any atom is 0.239 e. The molecule has 0 saturated carbocycles. The van der Waals surface area contributed by atoms with Crippen molar-refractivity contribution in [1.29, 1.82) is 0 Å². The Morgan fingerprint density at radius 1 is 1.05 bits per heavy atom. The first-order valence-electron chi connectivity index (χ1n) is 7.07. The summed E-state index contributed by atoms with van der Waals surface area (Å²) >= 11 is 0. The Morgan fingerprint density at radius 2 is 1.81 bits per heavy atom. The highest BCUT2D eigenvalue weighted by molar-refractivity contribution is 5.85. The first kappa shape index (κ1) is 17.1. The number of hydrogen-bond acceptors (Lipinski definition) is 4. The van der Waals surface area contributed by atoms with Crippen molar-refractivity contribution in [2.24, 2.45) is 5.73 Å². The summed E-state index contributed by atoms with van der Waals surface area (Å²) in [6.45, 7) is 1.71. The zero-order valence-corrected chi connectivity index (χ0v) is 12.1. The molecule has 0 unspecified atom stereocenters. The van der Waals surface area contributed by atoms with Crippen molar-refractivity contribution in [3.8, 4) is 0 Å². The van der Waals surface area contributed by atoms with Crippen LogP contribution in [-0.4, -0.2) is 38.1 Å². The Hall–Kier alpha value is -1.92. The Bertz CT molecular complexity index is 423. The quantitative estimate of drug-likeness (QED) is 0.536. The van der Waals surface area contributed by atoms with Gasteiger partial charge in [-0.25, -0.2) is 0 Å². The molecule has 116 valence electrons. The molecule has 6 heteroatoms. The van der Waals surface area contributed by atoms with Gasteiger partial charge in [0.2, 0.25) is 11.8 Å². The van der Waals surface area contributed by atoms with Gasteiger partial charge in [0.15, 0.2) is 0 Å². The largest absolute Gasteiger partial charge is 0.377 e. The van der Waals surface area contributed by atoms with Gasteiger partial charge in [-0.15, -0.1) is 0 Å². The Kier molecular flexibility index (Phi) is 8.83. The smallest absolute Gasteiger partial charge is 0.239 e. The summed E-state index contributed by atoms with van der Waals surface area (Å²) in [6.07, 6.45) is 1.72. The van der Waals surface area contributed by atoms with Crippen molar-refractivity contribution in [3.63, 3.8) is 0 Å². The van der Waals surface area contributed by atoms with Gasteiger partial charge in [-0.05, 0) is 18.4 Å². The normalized spacial score (nSPS) is 10.1. The van der Waals surface area contributed by atoms with Gasteiger partial charge in [-0.1, -0.05) is 30.3 Å². The van der Waals surface area contributed by atoms with Crippen molar-refractivity contribution >= 4 is 11.8 Å². The maximum absolute atomic E-state index is 11.3. The number of nitrogens with one attached hydrogen (secondary N) is 2. The van der Waals surface area contributed by atoms with Crippen molar-refractivity contribution in [2.75, 3.05) is 26.2 Å². The number of carbonyl (C=O) groups is 2. The molecule has 0 heterocycles. The first-order valence-corrected chi connectivity index (χ1v) is 7.07. The fourth-order valence-corrected chi connectivity index (χ4v) is 1.63. The molecule has 0 atom stereocenters. The van der Waals surface area contributed by atoms with Crippen LogP contribution in [0.3, 0.4) is 0 Å². The van der Waals surface area contributed by atoms with Crippen LogP contribution in [-0.2, 0) is 20.9 Å². The van der Waals surface area contributed by atoms with Gasteiger partial charge in [0, 0.05) is 13.2 Å². The summed E-state index contributed by atoms with van der Waals surface area (Å²) in [4.78, 5) is 22.2. The summed E-state index contributed by atoms with van der Waals surface area (Å²) in [7, 11) is 0. The number of carbonyl (C=O) groups excluding carboxylic acids is 2. The molecular weight excluding hydrogens is 270 g/mol. The van der Waals surface area contributed by atoms with E-state index >= 15 is 0 Å². The molecule has 0 aliphatic rings. The second kappa shape index (κ2) is 10.8. The SMILES string of the molecule is NCC(=O)NCC(=O)NCCCCOCc1ccccc1. The van der Waals surface area contributed by atoms with Gasteiger partial charge in [0.05, 0.1) is 19.7 Å². The number of amides is 2. The molecule has 4 N–H and O–H groups in total. The molecule has 0 radical (unpaired) electrons. The van der Waals surface area contributed by atoms with Gasteiger partial charge in [-0.3, -0.25) is 9.59 Å². The minimum atomic E-state index is -0.334. The van der Waals surface area contributed by atoms with Crippen LogP contribution in [0.25, 0.3) is 0 Å². The molecule has 1 aromatic rings. The Labute approximate surface area is 125 Å². The number of nitrogens with two attached hydrogens (primary N) is 1. The van der Waals surface area contributed by atoms with Crippen molar-refractivity contribution in [2.45, 2.75) is 19.4 Å². The number of rotatable bonds is 10. The third-order valence-corrected chi connectivity index (χ3v) is 2.78. The van der Waals surface area contributed by atoms with Gasteiger partial charge in [-0.2, -0.15) is 0 Å². The topological polar surface area (TPSA) is 93.5 Å². The highest BCUT2D eigenvalue weighted by atomic mass is 16.5. The van der Waals surface area contributed by atoms with E-state index in [-0.39, 0.29) is 24.9 Å². The second-order valence-electron chi connectivity index (χ2n) is 4.58. The summed E-state index contributed by atoms with van der Waals surface area (Å²) < 4.78 is 5.54. The maximum atomic E-state index is 11.3. The zero-order chi connectivity index (χ0) is 15.3. The summed E-state index contributed by atoms with van der Waals surface area (Å²) in [5.74, 6) is -0.540. The lowest BCUT2D eigenvalue weighted by Gasteiger charge is -2.07. The zero-order valence-electron chi connectivity index (χ0n) is 12.1. The van der Waals surface area contributed by atoms with Crippen LogP contribution in [0.4, 0.5) is 0 Å². The average molecular weight is 293 g/mol. The molecule has 0 spiro atoms. The standard InChI is InChI=1S/C15H23N3O3/c16-10-14(19)18-11-15(20)17-8-4-5-9-21-12-13-6-2-1-3-7-13/h1-3,6-7H,4-5,8-12,16H2,(H,17,20)(H,18,19). The van der Waals surface area contributed by atoms with E-state index in [1.807, 2.05) is 30.3 Å². The van der Waals surface area contributed by atoms with E-state index in [2.05, 4.69) is 10.6 Å². The van der Waals surface area contributed by atoms with Crippen molar-refractivity contribution in [3.05, 3.63) is 35.9 Å². The van der Waals surface area contributed by atoms with E-state index < -0.39 is 0 Å². The molecule has 0 fully saturated rings. The number of unbranched alkanes of at least 4 members (excludes halogenated alkanes) is 1. The molecule has 0 aliphatic heterocycles. The van der Waals surface area contributed by atoms with Crippen LogP contribution >= 0.6 is 0 Å². The lowest BCUT2D eigenvalue weighted by molar-refractivity contribution is -0.125.